The molecule has 1 heterocycles. The number of nitro groups is 1. The second-order valence-corrected chi connectivity index (χ2v) is 3.38. The highest BCUT2D eigenvalue weighted by atomic mass is 35.5. The summed E-state index contributed by atoms with van der Waals surface area (Å²) in [6, 6.07) is 4.33. The molecule has 0 spiro atoms. The summed E-state index contributed by atoms with van der Waals surface area (Å²) in [7, 11) is 0. The van der Waals surface area contributed by atoms with Gasteiger partial charge in [0.2, 0.25) is 5.69 Å². The van der Waals surface area contributed by atoms with Gasteiger partial charge in [-0.2, -0.15) is 0 Å². The van der Waals surface area contributed by atoms with Crippen LogP contribution >= 0.6 is 11.6 Å². The molecule has 0 N–H and O–H groups in total. The Labute approximate surface area is 94.0 Å². The van der Waals surface area contributed by atoms with Crippen LogP contribution in [-0.2, 0) is 0 Å². The number of nitrogens with zero attached hydrogens (tertiary/aromatic N) is 3. The van der Waals surface area contributed by atoms with Crippen LogP contribution in [0.25, 0.3) is 10.9 Å². The number of hydrogen-bond acceptors (Lipinski definition) is 5. The first-order chi connectivity index (χ1) is 7.65. The summed E-state index contributed by atoms with van der Waals surface area (Å²) in [6.07, 6.45) is 1.41. The van der Waals surface area contributed by atoms with Crippen molar-refractivity contribution >= 4 is 33.9 Å². The van der Waals surface area contributed by atoms with Gasteiger partial charge in [-0.25, -0.2) is 0 Å². The molecule has 0 aliphatic carbocycles. The molecule has 0 aliphatic rings. The summed E-state index contributed by atoms with van der Waals surface area (Å²) >= 11 is 5.85. The zero-order chi connectivity index (χ0) is 11.7. The molecule has 2 rings (SSSR count). The van der Waals surface area contributed by atoms with Gasteiger partial charge in [0.1, 0.15) is 5.52 Å². The normalized spacial score (nSPS) is 10.3. The van der Waals surface area contributed by atoms with Crippen LogP contribution in [0.3, 0.4) is 0 Å². The number of aromatic nitrogens is 1. The van der Waals surface area contributed by atoms with Crippen LogP contribution in [-0.4, -0.2) is 9.91 Å². The topological polar surface area (TPSA) is 85.5 Å². The van der Waals surface area contributed by atoms with Crippen LogP contribution < -0.4 is 0 Å². The molecule has 0 atom stereocenters. The third kappa shape index (κ3) is 1.49. The smallest absolute Gasteiger partial charge is 0.258 e. The molecule has 0 unspecified atom stereocenters. The van der Waals surface area contributed by atoms with E-state index in [2.05, 4.69) is 10.2 Å². The van der Waals surface area contributed by atoms with E-state index in [1.165, 1.54) is 6.20 Å². The molecular weight excluding hydrogens is 234 g/mol. The number of pyridine rings is 1. The molecule has 16 heavy (non-hydrogen) atoms. The lowest BCUT2D eigenvalue weighted by Crippen LogP contribution is -1.91. The zero-order valence-corrected chi connectivity index (χ0v) is 8.51. The van der Waals surface area contributed by atoms with Gasteiger partial charge >= 0.3 is 5.69 Å². The van der Waals surface area contributed by atoms with E-state index in [9.17, 15) is 15.0 Å². The van der Waals surface area contributed by atoms with Gasteiger partial charge in [0.15, 0.2) is 0 Å². The van der Waals surface area contributed by atoms with Crippen molar-refractivity contribution in [2.75, 3.05) is 0 Å². The van der Waals surface area contributed by atoms with Crippen molar-refractivity contribution < 1.29 is 4.92 Å². The Balaban J connectivity index is 2.95. The highest BCUT2D eigenvalue weighted by Gasteiger charge is 2.21. The minimum atomic E-state index is -0.712. The SMILES string of the molecule is O=Nc1c([N+](=O)[O-])cc(Cl)c2cccnc12. The minimum Gasteiger partial charge on any atom is -0.258 e. The molecule has 0 saturated carbocycles. The van der Waals surface area contributed by atoms with Crippen molar-refractivity contribution in [3.63, 3.8) is 0 Å². The molecule has 7 heteroatoms. The Morgan fingerprint density at radius 1 is 1.50 bits per heavy atom. The summed E-state index contributed by atoms with van der Waals surface area (Å²) in [6.45, 7) is 0. The number of rotatable bonds is 2. The molecule has 0 bridgehead atoms. The first-order valence-electron chi connectivity index (χ1n) is 4.20. The lowest BCUT2D eigenvalue weighted by atomic mass is 10.1. The maximum Gasteiger partial charge on any atom is 0.302 e. The second-order valence-electron chi connectivity index (χ2n) is 2.97. The fourth-order valence-corrected chi connectivity index (χ4v) is 1.66. The predicted octanol–water partition coefficient (Wildman–Crippen LogP) is 3.19. The van der Waals surface area contributed by atoms with E-state index in [1.54, 1.807) is 12.1 Å². The van der Waals surface area contributed by atoms with Crippen LogP contribution in [0.15, 0.2) is 29.6 Å². The molecule has 0 radical (unpaired) electrons. The first kappa shape index (κ1) is 10.4. The lowest BCUT2D eigenvalue weighted by molar-refractivity contribution is -0.383. The van der Waals surface area contributed by atoms with Crippen molar-refractivity contribution in [2.24, 2.45) is 5.18 Å². The average Bonchev–Trinajstić information content (AvgIpc) is 2.29. The van der Waals surface area contributed by atoms with Crippen LogP contribution in [0.4, 0.5) is 11.4 Å². The molecule has 0 fully saturated rings. The number of fused-ring (bicyclic) bond motifs is 1. The van der Waals surface area contributed by atoms with Gasteiger partial charge in [-0.3, -0.25) is 15.1 Å². The van der Waals surface area contributed by atoms with E-state index >= 15 is 0 Å². The maximum absolute atomic E-state index is 10.7. The molecule has 6 nitrogen and oxygen atoms in total. The number of halogens is 1. The number of nitroso groups, excluding NO2 is 1. The Morgan fingerprint density at radius 3 is 2.88 bits per heavy atom. The summed E-state index contributed by atoms with van der Waals surface area (Å²) in [5, 5.41) is 14.0. The van der Waals surface area contributed by atoms with E-state index in [0.717, 1.165) is 6.07 Å². The van der Waals surface area contributed by atoms with Crippen molar-refractivity contribution in [1.29, 1.82) is 0 Å². The maximum atomic E-state index is 10.7. The molecule has 80 valence electrons. The summed E-state index contributed by atoms with van der Waals surface area (Å²) in [5.41, 5.74) is -0.604. The number of nitro benzene ring substituents is 1. The Kier molecular flexibility index (Phi) is 2.49. The van der Waals surface area contributed by atoms with E-state index in [0.29, 0.717) is 5.39 Å². The third-order valence-corrected chi connectivity index (χ3v) is 2.40. The lowest BCUT2D eigenvalue weighted by Gasteiger charge is -2.01. The monoisotopic (exact) mass is 237 g/mol. The molecule has 1 aromatic carbocycles. The summed E-state index contributed by atoms with van der Waals surface area (Å²) < 4.78 is 0. The fraction of sp³-hybridized carbons (Fsp3) is 0. The minimum absolute atomic E-state index is 0.136. The van der Waals surface area contributed by atoms with E-state index in [-0.39, 0.29) is 16.2 Å². The highest BCUT2D eigenvalue weighted by Crippen LogP contribution is 2.38. The Hall–Kier alpha value is -2.08. The van der Waals surface area contributed by atoms with Crippen molar-refractivity contribution in [3.8, 4) is 0 Å². The van der Waals surface area contributed by atoms with Crippen molar-refractivity contribution in [2.45, 2.75) is 0 Å². The van der Waals surface area contributed by atoms with Crippen molar-refractivity contribution in [1.82, 2.24) is 4.98 Å². The van der Waals surface area contributed by atoms with E-state index in [1.807, 2.05) is 0 Å². The first-order valence-corrected chi connectivity index (χ1v) is 4.58. The molecular formula is C9H4ClN3O3. The Morgan fingerprint density at radius 2 is 2.25 bits per heavy atom. The van der Waals surface area contributed by atoms with Crippen LogP contribution in [0.1, 0.15) is 0 Å². The largest absolute Gasteiger partial charge is 0.302 e. The van der Waals surface area contributed by atoms with Crippen LogP contribution in [0.5, 0.6) is 0 Å². The van der Waals surface area contributed by atoms with Gasteiger partial charge in [-0.05, 0) is 17.3 Å². The molecule has 0 saturated heterocycles. The fourth-order valence-electron chi connectivity index (χ4n) is 1.40. The van der Waals surface area contributed by atoms with E-state index in [4.69, 9.17) is 11.6 Å². The summed E-state index contributed by atoms with van der Waals surface area (Å²) in [4.78, 5) is 24.5. The quantitative estimate of drug-likeness (QED) is 0.456. The van der Waals surface area contributed by atoms with Gasteiger partial charge in [0.25, 0.3) is 0 Å². The van der Waals surface area contributed by atoms with Gasteiger partial charge in [-0.15, -0.1) is 4.91 Å². The zero-order valence-electron chi connectivity index (χ0n) is 7.75. The molecule has 0 aliphatic heterocycles. The standard InChI is InChI=1S/C9H4ClN3O3/c10-6-4-7(13(15)16)9(12-14)8-5(6)2-1-3-11-8/h1-4H. The van der Waals surface area contributed by atoms with Crippen LogP contribution in [0.2, 0.25) is 5.02 Å². The Bertz CT molecular complexity index is 600. The van der Waals surface area contributed by atoms with Gasteiger partial charge < -0.3 is 0 Å². The third-order valence-electron chi connectivity index (χ3n) is 2.08. The van der Waals surface area contributed by atoms with Gasteiger partial charge in [0.05, 0.1) is 9.95 Å². The average molecular weight is 238 g/mol. The number of benzene rings is 1. The summed E-state index contributed by atoms with van der Waals surface area (Å²) in [5.74, 6) is 0. The molecule has 1 aromatic heterocycles. The van der Waals surface area contributed by atoms with Gasteiger partial charge in [0, 0.05) is 17.6 Å². The molecule has 0 amide bonds. The number of hydrogen-bond donors (Lipinski definition) is 0. The molecule has 2 aromatic rings. The predicted molar refractivity (Wildman–Crippen MR) is 58.9 cm³/mol. The van der Waals surface area contributed by atoms with Gasteiger partial charge in [-0.1, -0.05) is 11.6 Å². The second kappa shape index (κ2) is 3.82. The van der Waals surface area contributed by atoms with Crippen LogP contribution in [0, 0.1) is 15.0 Å². The van der Waals surface area contributed by atoms with Crippen molar-refractivity contribution in [3.05, 3.63) is 44.4 Å². The highest BCUT2D eigenvalue weighted by molar-refractivity contribution is 6.36. The van der Waals surface area contributed by atoms with E-state index < -0.39 is 10.6 Å².